The van der Waals surface area contributed by atoms with Crippen LogP contribution in [0.4, 0.5) is 0 Å². The van der Waals surface area contributed by atoms with E-state index in [9.17, 15) is 14.4 Å². The number of amides is 3. The fourth-order valence-corrected chi connectivity index (χ4v) is 1.40. The summed E-state index contributed by atoms with van der Waals surface area (Å²) in [5.74, 6) is -0.746. The molecule has 94 valence electrons. The molecule has 2 N–H and O–H groups in total. The molecule has 6 heteroatoms. The summed E-state index contributed by atoms with van der Waals surface area (Å²) in [6.45, 7) is 3.00. The monoisotopic (exact) mass is 239 g/mol. The number of nitrogens with zero attached hydrogens (tertiary/aromatic N) is 1. The minimum atomic E-state index is -0.306. The zero-order chi connectivity index (χ0) is 12.7. The standard InChI is InChI=1S/C11H17N3O3/c1-2-7-12-13-9(15)4-3-8-14-10(16)5-6-11(14)17/h5-6,12H,2-4,7-8H2,1H3,(H,13,15). The van der Waals surface area contributed by atoms with Crippen LogP contribution in [0.1, 0.15) is 26.2 Å². The van der Waals surface area contributed by atoms with E-state index in [0.717, 1.165) is 17.9 Å². The maximum Gasteiger partial charge on any atom is 0.253 e. The molecule has 0 fully saturated rings. The van der Waals surface area contributed by atoms with Crippen LogP contribution in [-0.4, -0.2) is 35.7 Å². The van der Waals surface area contributed by atoms with Gasteiger partial charge in [0, 0.05) is 31.7 Å². The Morgan fingerprint density at radius 1 is 1.29 bits per heavy atom. The second-order valence-electron chi connectivity index (χ2n) is 3.74. The molecule has 17 heavy (non-hydrogen) atoms. The van der Waals surface area contributed by atoms with Crippen molar-refractivity contribution in [2.75, 3.05) is 13.1 Å². The molecule has 0 aliphatic carbocycles. The van der Waals surface area contributed by atoms with Crippen molar-refractivity contribution >= 4 is 17.7 Å². The van der Waals surface area contributed by atoms with E-state index in [-0.39, 0.29) is 30.7 Å². The van der Waals surface area contributed by atoms with Crippen molar-refractivity contribution < 1.29 is 14.4 Å². The van der Waals surface area contributed by atoms with Crippen LogP contribution in [0, 0.1) is 0 Å². The van der Waals surface area contributed by atoms with Gasteiger partial charge in [0.1, 0.15) is 0 Å². The molecule has 1 rings (SSSR count). The maximum absolute atomic E-state index is 11.3. The first-order chi connectivity index (χ1) is 8.15. The Bertz CT molecular complexity index is 321. The third-order valence-electron chi connectivity index (χ3n) is 2.29. The number of carbonyl (C=O) groups is 3. The van der Waals surface area contributed by atoms with Crippen molar-refractivity contribution in [2.24, 2.45) is 0 Å². The van der Waals surface area contributed by atoms with Crippen LogP contribution in [0.2, 0.25) is 0 Å². The molecule has 0 spiro atoms. The van der Waals surface area contributed by atoms with Crippen molar-refractivity contribution in [1.82, 2.24) is 15.8 Å². The Balaban J connectivity index is 2.13. The van der Waals surface area contributed by atoms with Crippen LogP contribution in [0.25, 0.3) is 0 Å². The molecule has 3 amide bonds. The normalized spacial score (nSPS) is 14.5. The highest BCUT2D eigenvalue weighted by Crippen LogP contribution is 2.05. The van der Waals surface area contributed by atoms with E-state index in [0.29, 0.717) is 6.42 Å². The van der Waals surface area contributed by atoms with Gasteiger partial charge in [0.05, 0.1) is 0 Å². The van der Waals surface area contributed by atoms with E-state index in [1.165, 1.54) is 12.2 Å². The van der Waals surface area contributed by atoms with E-state index in [4.69, 9.17) is 0 Å². The second kappa shape index (κ2) is 6.80. The summed E-state index contributed by atoms with van der Waals surface area (Å²) in [5, 5.41) is 0. The zero-order valence-electron chi connectivity index (χ0n) is 9.86. The number of hydrogen-bond donors (Lipinski definition) is 2. The SMILES string of the molecule is CCCNNC(=O)CCCN1C(=O)C=CC1=O. The molecular weight excluding hydrogens is 222 g/mol. The quantitative estimate of drug-likeness (QED) is 0.364. The lowest BCUT2D eigenvalue weighted by Crippen LogP contribution is -2.38. The number of rotatable bonds is 7. The maximum atomic E-state index is 11.3. The number of nitrogens with one attached hydrogen (secondary N) is 2. The van der Waals surface area contributed by atoms with E-state index in [1.54, 1.807) is 0 Å². The van der Waals surface area contributed by atoms with Crippen molar-refractivity contribution in [3.63, 3.8) is 0 Å². The lowest BCUT2D eigenvalue weighted by molar-refractivity contribution is -0.137. The van der Waals surface area contributed by atoms with Gasteiger partial charge in [0.2, 0.25) is 5.91 Å². The molecule has 6 nitrogen and oxygen atoms in total. The lowest BCUT2D eigenvalue weighted by atomic mass is 10.3. The van der Waals surface area contributed by atoms with Gasteiger partial charge in [-0.1, -0.05) is 6.92 Å². The molecule has 0 saturated carbocycles. The molecule has 0 unspecified atom stereocenters. The molecule has 1 heterocycles. The Kier molecular flexibility index (Phi) is 5.35. The van der Waals surface area contributed by atoms with Gasteiger partial charge in [-0.2, -0.15) is 0 Å². The summed E-state index contributed by atoms with van der Waals surface area (Å²) in [6.07, 6.45) is 4.17. The van der Waals surface area contributed by atoms with Gasteiger partial charge < -0.3 is 0 Å². The van der Waals surface area contributed by atoms with Crippen LogP contribution >= 0.6 is 0 Å². The van der Waals surface area contributed by atoms with Crippen LogP contribution in [0.15, 0.2) is 12.2 Å². The largest absolute Gasteiger partial charge is 0.292 e. The van der Waals surface area contributed by atoms with E-state index in [2.05, 4.69) is 10.9 Å². The lowest BCUT2D eigenvalue weighted by Gasteiger charge is -2.13. The highest BCUT2D eigenvalue weighted by atomic mass is 16.2. The molecule has 0 bridgehead atoms. The van der Waals surface area contributed by atoms with Crippen molar-refractivity contribution in [2.45, 2.75) is 26.2 Å². The average molecular weight is 239 g/mol. The molecule has 0 radical (unpaired) electrons. The van der Waals surface area contributed by atoms with Crippen LogP contribution in [0.3, 0.4) is 0 Å². The highest BCUT2D eigenvalue weighted by Gasteiger charge is 2.22. The topological polar surface area (TPSA) is 78.5 Å². The molecule has 0 saturated heterocycles. The van der Waals surface area contributed by atoms with Crippen LogP contribution < -0.4 is 10.9 Å². The van der Waals surface area contributed by atoms with Gasteiger partial charge >= 0.3 is 0 Å². The van der Waals surface area contributed by atoms with Gasteiger partial charge in [-0.15, -0.1) is 0 Å². The van der Waals surface area contributed by atoms with Crippen molar-refractivity contribution in [1.29, 1.82) is 0 Å². The summed E-state index contributed by atoms with van der Waals surface area (Å²) in [7, 11) is 0. The predicted molar refractivity (Wildman–Crippen MR) is 61.5 cm³/mol. The average Bonchev–Trinajstić information content (AvgIpc) is 2.61. The van der Waals surface area contributed by atoms with E-state index < -0.39 is 0 Å². The second-order valence-corrected chi connectivity index (χ2v) is 3.74. The highest BCUT2D eigenvalue weighted by molar-refractivity contribution is 6.12. The van der Waals surface area contributed by atoms with Gasteiger partial charge in [-0.05, 0) is 12.8 Å². The van der Waals surface area contributed by atoms with Crippen molar-refractivity contribution in [3.05, 3.63) is 12.2 Å². The predicted octanol–water partition coefficient (Wildman–Crippen LogP) is -0.278. The minimum absolute atomic E-state index is 0.134. The summed E-state index contributed by atoms with van der Waals surface area (Å²) in [6, 6.07) is 0. The number of hydrogen-bond acceptors (Lipinski definition) is 4. The molecular formula is C11H17N3O3. The first-order valence-corrected chi connectivity index (χ1v) is 5.70. The van der Waals surface area contributed by atoms with Gasteiger partial charge in [-0.25, -0.2) is 5.43 Å². The first kappa shape index (κ1) is 13.4. The molecule has 1 aliphatic rings. The summed E-state index contributed by atoms with van der Waals surface area (Å²) in [5.41, 5.74) is 5.31. The van der Waals surface area contributed by atoms with E-state index >= 15 is 0 Å². The summed E-state index contributed by atoms with van der Waals surface area (Å²) >= 11 is 0. The van der Waals surface area contributed by atoms with Crippen molar-refractivity contribution in [3.8, 4) is 0 Å². The summed E-state index contributed by atoms with van der Waals surface area (Å²) < 4.78 is 0. The van der Waals surface area contributed by atoms with Gasteiger partial charge in [-0.3, -0.25) is 24.7 Å². The molecule has 0 aromatic rings. The molecule has 0 aromatic carbocycles. The minimum Gasteiger partial charge on any atom is -0.292 e. The van der Waals surface area contributed by atoms with Crippen LogP contribution in [0.5, 0.6) is 0 Å². The molecule has 0 atom stereocenters. The molecule has 1 aliphatic heterocycles. The number of carbonyl (C=O) groups excluding carboxylic acids is 3. The Morgan fingerprint density at radius 2 is 1.94 bits per heavy atom. The Labute approximate surface area is 100 Å². The van der Waals surface area contributed by atoms with Crippen LogP contribution in [-0.2, 0) is 14.4 Å². The number of hydrazine groups is 1. The third kappa shape index (κ3) is 4.36. The number of imide groups is 1. The molecule has 0 aromatic heterocycles. The first-order valence-electron chi connectivity index (χ1n) is 5.70. The third-order valence-corrected chi connectivity index (χ3v) is 2.29. The van der Waals surface area contributed by atoms with Gasteiger partial charge in [0.25, 0.3) is 11.8 Å². The van der Waals surface area contributed by atoms with E-state index in [1.807, 2.05) is 6.92 Å². The Morgan fingerprint density at radius 3 is 2.53 bits per heavy atom. The summed E-state index contributed by atoms with van der Waals surface area (Å²) in [4.78, 5) is 34.8. The Hall–Kier alpha value is -1.69. The smallest absolute Gasteiger partial charge is 0.253 e. The van der Waals surface area contributed by atoms with Gasteiger partial charge in [0.15, 0.2) is 0 Å². The zero-order valence-corrected chi connectivity index (χ0v) is 9.86. The fourth-order valence-electron chi connectivity index (χ4n) is 1.40. The fraction of sp³-hybridized carbons (Fsp3) is 0.545.